The van der Waals surface area contributed by atoms with Gasteiger partial charge in [-0.1, -0.05) is 6.07 Å². The maximum Gasteiger partial charge on any atom is 0.490 e. The molecule has 1 spiro atoms. The molecule has 2 aliphatic heterocycles. The molecule has 9 nitrogen and oxygen atoms in total. The second-order valence-corrected chi connectivity index (χ2v) is 10.1. The SMILES string of the molecule is COCC1CN(Cc2ccccn2)CC12CCN(C(=O)CC1CC1)CC2.O=C(O)C(F)(F)F.O=C(O)C(F)(F)F. The van der Waals surface area contributed by atoms with E-state index in [4.69, 9.17) is 24.5 Å². The van der Waals surface area contributed by atoms with E-state index in [9.17, 15) is 31.1 Å². The van der Waals surface area contributed by atoms with Gasteiger partial charge in [-0.25, -0.2) is 9.59 Å². The Morgan fingerprint density at radius 1 is 1.02 bits per heavy atom. The Balaban J connectivity index is 0.000000333. The smallest absolute Gasteiger partial charge is 0.475 e. The number of hydrogen-bond donors (Lipinski definition) is 2. The van der Waals surface area contributed by atoms with Gasteiger partial charge in [-0.05, 0) is 49.1 Å². The van der Waals surface area contributed by atoms with E-state index in [-0.39, 0.29) is 0 Å². The number of halogens is 6. The third-order valence-electron chi connectivity index (χ3n) is 7.12. The van der Waals surface area contributed by atoms with Crippen molar-refractivity contribution in [3.63, 3.8) is 0 Å². The molecule has 3 aliphatic rings. The van der Waals surface area contributed by atoms with E-state index in [2.05, 4.69) is 26.9 Å². The Bertz CT molecular complexity index is 955. The Morgan fingerprint density at radius 2 is 1.57 bits per heavy atom. The number of carboxylic acids is 2. The first-order valence-corrected chi connectivity index (χ1v) is 12.6. The van der Waals surface area contributed by atoms with Crippen LogP contribution in [0.1, 0.15) is 37.8 Å². The highest BCUT2D eigenvalue weighted by molar-refractivity contribution is 5.77. The predicted octanol–water partition coefficient (Wildman–Crippen LogP) is 3.84. The average Bonchev–Trinajstić information content (AvgIpc) is 3.62. The van der Waals surface area contributed by atoms with E-state index >= 15 is 0 Å². The van der Waals surface area contributed by atoms with Crippen LogP contribution >= 0.6 is 0 Å². The van der Waals surface area contributed by atoms with Gasteiger partial charge < -0.3 is 19.8 Å². The number of likely N-dealkylation sites (tertiary alicyclic amines) is 2. The number of aliphatic carboxylic acids is 2. The molecule has 1 amide bonds. The van der Waals surface area contributed by atoms with Crippen LogP contribution in [0, 0.1) is 17.3 Å². The van der Waals surface area contributed by atoms with Gasteiger partial charge in [0.1, 0.15) is 0 Å². The molecule has 3 fully saturated rings. The highest BCUT2D eigenvalue weighted by atomic mass is 19.4. The van der Waals surface area contributed by atoms with Crippen LogP contribution in [-0.4, -0.2) is 95.1 Å². The van der Waals surface area contributed by atoms with Crippen molar-refractivity contribution in [2.24, 2.45) is 17.3 Å². The van der Waals surface area contributed by atoms with Gasteiger partial charge in [0, 0.05) is 58.4 Å². The lowest BCUT2D eigenvalue weighted by Crippen LogP contribution is -2.47. The van der Waals surface area contributed by atoms with Crippen LogP contribution < -0.4 is 0 Å². The molecule has 40 heavy (non-hydrogen) atoms. The normalized spacial score (nSPS) is 20.7. The van der Waals surface area contributed by atoms with Gasteiger partial charge in [-0.3, -0.25) is 14.7 Å². The van der Waals surface area contributed by atoms with Crippen LogP contribution in [0.5, 0.6) is 0 Å². The molecule has 0 radical (unpaired) electrons. The molecule has 2 saturated heterocycles. The molecule has 1 aromatic heterocycles. The fourth-order valence-electron chi connectivity index (χ4n) is 4.88. The summed E-state index contributed by atoms with van der Waals surface area (Å²) in [6.45, 7) is 5.73. The minimum atomic E-state index is -5.08. The van der Waals surface area contributed by atoms with Gasteiger partial charge >= 0.3 is 24.3 Å². The Labute approximate surface area is 227 Å². The second kappa shape index (κ2) is 14.1. The van der Waals surface area contributed by atoms with Crippen LogP contribution in [0.2, 0.25) is 0 Å². The van der Waals surface area contributed by atoms with Gasteiger partial charge in [-0.15, -0.1) is 0 Å². The molecule has 3 heterocycles. The molecule has 1 aliphatic carbocycles. The molecule has 2 N–H and O–H groups in total. The van der Waals surface area contributed by atoms with Crippen LogP contribution in [0.3, 0.4) is 0 Å². The van der Waals surface area contributed by atoms with E-state index in [1.54, 1.807) is 0 Å². The van der Waals surface area contributed by atoms with Crippen LogP contribution in [0.4, 0.5) is 26.3 Å². The number of amides is 1. The van der Waals surface area contributed by atoms with Gasteiger partial charge in [0.2, 0.25) is 5.91 Å². The number of aromatic nitrogens is 1. The molecule has 4 rings (SSSR count). The predicted molar refractivity (Wildman–Crippen MR) is 128 cm³/mol. The zero-order chi connectivity index (χ0) is 30.1. The van der Waals surface area contributed by atoms with Gasteiger partial charge in [0.15, 0.2) is 0 Å². The number of carbonyl (C=O) groups excluding carboxylic acids is 1. The standard InChI is InChI=1S/C21H31N3O2.2C2HF3O2/c1-26-15-18-13-23(14-19-4-2-3-9-22-19)16-21(18)7-10-24(11-8-21)20(25)12-17-5-6-17;2*3-2(4,5)1(6)7/h2-4,9,17-18H,5-8,10-16H2,1H3;2*(H,6,7). The van der Waals surface area contributed by atoms with Crippen molar-refractivity contribution in [2.45, 2.75) is 51.0 Å². The van der Waals surface area contributed by atoms with Crippen molar-refractivity contribution in [1.82, 2.24) is 14.8 Å². The number of ether oxygens (including phenoxy) is 1. The molecule has 1 aromatic rings. The van der Waals surface area contributed by atoms with E-state index in [1.807, 2.05) is 19.4 Å². The van der Waals surface area contributed by atoms with Crippen molar-refractivity contribution in [1.29, 1.82) is 0 Å². The van der Waals surface area contributed by atoms with Crippen LogP contribution in [0.25, 0.3) is 0 Å². The lowest BCUT2D eigenvalue weighted by Gasteiger charge is -2.42. The third-order valence-corrected chi connectivity index (χ3v) is 7.12. The van der Waals surface area contributed by atoms with Crippen molar-refractivity contribution in [3.8, 4) is 0 Å². The largest absolute Gasteiger partial charge is 0.490 e. The summed E-state index contributed by atoms with van der Waals surface area (Å²) >= 11 is 0. The zero-order valence-electron chi connectivity index (χ0n) is 21.9. The van der Waals surface area contributed by atoms with Crippen molar-refractivity contribution >= 4 is 17.8 Å². The molecule has 226 valence electrons. The summed E-state index contributed by atoms with van der Waals surface area (Å²) in [7, 11) is 1.81. The highest BCUT2D eigenvalue weighted by Crippen LogP contribution is 2.45. The lowest BCUT2D eigenvalue weighted by atomic mass is 9.71. The monoisotopic (exact) mass is 585 g/mol. The Morgan fingerprint density at radius 3 is 2.00 bits per heavy atom. The molecule has 0 bridgehead atoms. The summed E-state index contributed by atoms with van der Waals surface area (Å²) < 4.78 is 69.0. The van der Waals surface area contributed by atoms with E-state index in [0.29, 0.717) is 23.2 Å². The molecule has 1 saturated carbocycles. The minimum absolute atomic E-state index is 0.293. The number of pyridine rings is 1. The summed E-state index contributed by atoms with van der Waals surface area (Å²) in [5, 5.41) is 14.2. The average molecular weight is 586 g/mol. The number of piperidine rings is 1. The molecule has 0 aromatic carbocycles. The third kappa shape index (κ3) is 10.6. The van der Waals surface area contributed by atoms with Crippen LogP contribution in [0.15, 0.2) is 24.4 Å². The first-order chi connectivity index (χ1) is 18.6. The minimum Gasteiger partial charge on any atom is -0.475 e. The molecular formula is C25H33F6N3O6. The number of hydrogen-bond acceptors (Lipinski definition) is 6. The summed E-state index contributed by atoms with van der Waals surface area (Å²) in [4.78, 5) is 39.4. The number of methoxy groups -OCH3 is 1. The number of carboxylic acid groups (broad SMARTS) is 2. The lowest BCUT2D eigenvalue weighted by molar-refractivity contribution is -0.193. The fraction of sp³-hybridized carbons (Fsp3) is 0.680. The molecular weight excluding hydrogens is 552 g/mol. The van der Waals surface area contributed by atoms with E-state index < -0.39 is 24.3 Å². The first-order valence-electron chi connectivity index (χ1n) is 12.6. The number of carbonyl (C=O) groups is 3. The van der Waals surface area contributed by atoms with E-state index in [1.165, 1.54) is 12.8 Å². The summed E-state index contributed by atoms with van der Waals surface area (Å²) in [6, 6.07) is 6.14. The molecule has 1 atom stereocenters. The topological polar surface area (TPSA) is 120 Å². The number of nitrogens with zero attached hydrogens (tertiary/aromatic N) is 3. The molecule has 15 heteroatoms. The zero-order valence-corrected chi connectivity index (χ0v) is 21.9. The molecule has 1 unspecified atom stereocenters. The van der Waals surface area contributed by atoms with Crippen molar-refractivity contribution in [3.05, 3.63) is 30.1 Å². The first kappa shape index (κ1) is 33.3. The van der Waals surface area contributed by atoms with Crippen molar-refractivity contribution in [2.75, 3.05) is 39.9 Å². The Kier molecular flexibility index (Phi) is 11.7. The second-order valence-electron chi connectivity index (χ2n) is 10.1. The summed E-state index contributed by atoms with van der Waals surface area (Å²) in [5.74, 6) is -3.90. The van der Waals surface area contributed by atoms with E-state index in [0.717, 1.165) is 64.3 Å². The van der Waals surface area contributed by atoms with Gasteiger partial charge in [-0.2, -0.15) is 26.3 Å². The number of alkyl halides is 6. The fourth-order valence-corrected chi connectivity index (χ4v) is 4.88. The Hall–Kier alpha value is -2.94. The number of rotatable bonds is 6. The van der Waals surface area contributed by atoms with Gasteiger partial charge in [0.25, 0.3) is 0 Å². The quantitative estimate of drug-likeness (QED) is 0.484. The summed E-state index contributed by atoms with van der Waals surface area (Å²) in [6.07, 6.45) is -2.80. The van der Waals surface area contributed by atoms with Crippen LogP contribution in [-0.2, 0) is 25.7 Å². The van der Waals surface area contributed by atoms with Gasteiger partial charge in [0.05, 0.1) is 12.3 Å². The maximum absolute atomic E-state index is 12.4. The highest BCUT2D eigenvalue weighted by Gasteiger charge is 2.48. The maximum atomic E-state index is 12.4. The van der Waals surface area contributed by atoms with Crippen molar-refractivity contribution < 1.29 is 55.7 Å². The summed E-state index contributed by atoms with van der Waals surface area (Å²) in [5.41, 5.74) is 1.43.